The molecule has 0 saturated heterocycles. The van der Waals surface area contributed by atoms with E-state index in [2.05, 4.69) is 5.32 Å². The van der Waals surface area contributed by atoms with Gasteiger partial charge in [-0.1, -0.05) is 38.1 Å². The maximum Gasteiger partial charge on any atom is 0.257 e. The summed E-state index contributed by atoms with van der Waals surface area (Å²) in [5.41, 5.74) is -0.241. The highest BCUT2D eigenvalue weighted by Crippen LogP contribution is 2.64. The molecular weight excluding hydrogens is 324 g/mol. The van der Waals surface area contributed by atoms with Crippen molar-refractivity contribution < 1.29 is 18.3 Å². The topological polar surface area (TPSA) is 38.3 Å². The number of carbonyl (C=O) groups is 1. The molecule has 1 aliphatic rings. The van der Waals surface area contributed by atoms with Gasteiger partial charge in [0.05, 0.1) is 0 Å². The average molecular weight is 345 g/mol. The van der Waals surface area contributed by atoms with Crippen LogP contribution in [0.1, 0.15) is 25.8 Å². The number of hydrogen-bond acceptors (Lipinski definition) is 2. The number of benzene rings is 2. The Hall–Kier alpha value is -2.43. The van der Waals surface area contributed by atoms with E-state index in [4.69, 9.17) is 4.74 Å². The zero-order chi connectivity index (χ0) is 18.1. The fraction of sp³-hybridized carbons (Fsp3) is 0.350. The summed E-state index contributed by atoms with van der Waals surface area (Å²) < 4.78 is 32.9. The predicted octanol–water partition coefficient (Wildman–Crippen LogP) is 3.83. The molecular formula is C20H21F2NO2. The lowest BCUT2D eigenvalue weighted by Gasteiger charge is -2.22. The van der Waals surface area contributed by atoms with Crippen molar-refractivity contribution in [3.8, 4) is 5.75 Å². The van der Waals surface area contributed by atoms with E-state index in [0.717, 1.165) is 12.5 Å². The summed E-state index contributed by atoms with van der Waals surface area (Å²) in [6, 6.07) is 12.7. The first-order chi connectivity index (χ1) is 11.8. The lowest BCUT2D eigenvalue weighted by molar-refractivity contribution is -0.123. The Labute approximate surface area is 146 Å². The summed E-state index contributed by atoms with van der Waals surface area (Å²) in [4.78, 5) is 12.1. The Morgan fingerprint density at radius 3 is 2.44 bits per heavy atom. The van der Waals surface area contributed by atoms with Crippen LogP contribution >= 0.6 is 0 Å². The van der Waals surface area contributed by atoms with Crippen LogP contribution in [0.3, 0.4) is 0 Å². The minimum absolute atomic E-state index is 0.105. The standard InChI is InChI=1S/C20H21F2NO2/c1-19(2)12-20(19,16-9-8-14(21)10-17(16)22)13-23-18(24)11-25-15-6-4-3-5-7-15/h3-10H,11-13H2,1-2H3,(H,23,24). The molecule has 1 atom stereocenters. The van der Waals surface area contributed by atoms with Crippen LogP contribution in [0.4, 0.5) is 8.78 Å². The largest absolute Gasteiger partial charge is 0.484 e. The van der Waals surface area contributed by atoms with Crippen LogP contribution in [-0.4, -0.2) is 19.1 Å². The molecule has 1 fully saturated rings. The molecule has 0 heterocycles. The third-order valence-corrected chi connectivity index (χ3v) is 5.06. The minimum Gasteiger partial charge on any atom is -0.484 e. The Bertz CT molecular complexity index is 777. The first kappa shape index (κ1) is 17.4. The predicted molar refractivity (Wildman–Crippen MR) is 91.4 cm³/mol. The van der Waals surface area contributed by atoms with Crippen LogP contribution in [0.25, 0.3) is 0 Å². The van der Waals surface area contributed by atoms with Crippen LogP contribution in [0.15, 0.2) is 48.5 Å². The Balaban J connectivity index is 1.64. The van der Waals surface area contributed by atoms with Gasteiger partial charge in [-0.2, -0.15) is 0 Å². The number of hydrogen-bond donors (Lipinski definition) is 1. The van der Waals surface area contributed by atoms with Gasteiger partial charge in [0.25, 0.3) is 5.91 Å². The maximum absolute atomic E-state index is 14.2. The molecule has 1 N–H and O–H groups in total. The molecule has 0 aromatic heterocycles. The van der Waals surface area contributed by atoms with Crippen molar-refractivity contribution in [1.29, 1.82) is 0 Å². The van der Waals surface area contributed by atoms with Crippen LogP contribution in [0.5, 0.6) is 5.75 Å². The van der Waals surface area contributed by atoms with Gasteiger partial charge in [0.1, 0.15) is 17.4 Å². The number of para-hydroxylation sites is 1. The molecule has 1 unspecified atom stereocenters. The molecule has 0 radical (unpaired) electrons. The fourth-order valence-corrected chi connectivity index (χ4v) is 3.41. The van der Waals surface area contributed by atoms with Crippen molar-refractivity contribution in [1.82, 2.24) is 5.32 Å². The van der Waals surface area contributed by atoms with E-state index in [1.165, 1.54) is 12.1 Å². The van der Waals surface area contributed by atoms with Crippen LogP contribution in [0.2, 0.25) is 0 Å². The third kappa shape index (κ3) is 3.50. The first-order valence-electron chi connectivity index (χ1n) is 8.24. The van der Waals surface area contributed by atoms with Gasteiger partial charge in [-0.05, 0) is 35.6 Å². The first-order valence-corrected chi connectivity index (χ1v) is 8.24. The van der Waals surface area contributed by atoms with E-state index in [9.17, 15) is 13.6 Å². The van der Waals surface area contributed by atoms with E-state index < -0.39 is 17.0 Å². The van der Waals surface area contributed by atoms with Crippen molar-refractivity contribution in [2.45, 2.75) is 25.7 Å². The monoisotopic (exact) mass is 345 g/mol. The highest BCUT2D eigenvalue weighted by molar-refractivity contribution is 5.77. The van der Waals surface area contributed by atoms with Gasteiger partial charge in [0, 0.05) is 18.0 Å². The molecule has 1 amide bonds. The summed E-state index contributed by atoms with van der Waals surface area (Å²) in [6.45, 7) is 4.22. The summed E-state index contributed by atoms with van der Waals surface area (Å²) in [5.74, 6) is -0.826. The van der Waals surface area contributed by atoms with Gasteiger partial charge in [-0.25, -0.2) is 8.78 Å². The van der Waals surface area contributed by atoms with E-state index in [-0.39, 0.29) is 17.9 Å². The molecule has 2 aromatic carbocycles. The highest BCUT2D eigenvalue weighted by Gasteiger charge is 2.62. The van der Waals surface area contributed by atoms with Crippen molar-refractivity contribution in [3.63, 3.8) is 0 Å². The number of nitrogens with one attached hydrogen (secondary N) is 1. The second-order valence-corrected chi connectivity index (χ2v) is 7.15. The van der Waals surface area contributed by atoms with Gasteiger partial charge >= 0.3 is 0 Å². The molecule has 3 nitrogen and oxygen atoms in total. The Kier molecular flexibility index (Phi) is 4.50. The number of ether oxygens (including phenoxy) is 1. The van der Waals surface area contributed by atoms with Crippen LogP contribution < -0.4 is 10.1 Å². The molecule has 25 heavy (non-hydrogen) atoms. The van der Waals surface area contributed by atoms with Crippen molar-refractivity contribution in [3.05, 3.63) is 65.7 Å². The quantitative estimate of drug-likeness (QED) is 0.864. The molecule has 5 heteroatoms. The van der Waals surface area contributed by atoms with Crippen LogP contribution in [-0.2, 0) is 10.2 Å². The van der Waals surface area contributed by atoms with Crippen molar-refractivity contribution in [2.75, 3.05) is 13.2 Å². The van der Waals surface area contributed by atoms with E-state index >= 15 is 0 Å². The smallest absolute Gasteiger partial charge is 0.257 e. The molecule has 2 aromatic rings. The zero-order valence-corrected chi connectivity index (χ0v) is 14.3. The number of rotatable bonds is 6. The minimum atomic E-state index is -0.602. The molecule has 0 bridgehead atoms. The van der Waals surface area contributed by atoms with Gasteiger partial charge in [0.15, 0.2) is 6.61 Å². The summed E-state index contributed by atoms with van der Waals surface area (Å²) in [7, 11) is 0. The Morgan fingerprint density at radius 2 is 1.84 bits per heavy atom. The summed E-state index contributed by atoms with van der Waals surface area (Å²) >= 11 is 0. The number of halogens is 2. The third-order valence-electron chi connectivity index (χ3n) is 5.06. The average Bonchev–Trinajstić information content (AvgIpc) is 3.14. The zero-order valence-electron chi connectivity index (χ0n) is 14.3. The lowest BCUT2D eigenvalue weighted by Crippen LogP contribution is -2.37. The SMILES string of the molecule is CC1(C)CC1(CNC(=O)COc1ccccc1)c1ccc(F)cc1F. The van der Waals surface area contributed by atoms with Gasteiger partial charge in [-0.3, -0.25) is 4.79 Å². The van der Waals surface area contributed by atoms with Crippen molar-refractivity contribution >= 4 is 5.91 Å². The van der Waals surface area contributed by atoms with E-state index in [1.807, 2.05) is 32.0 Å². The van der Waals surface area contributed by atoms with E-state index in [1.54, 1.807) is 12.1 Å². The van der Waals surface area contributed by atoms with E-state index in [0.29, 0.717) is 17.9 Å². The molecule has 1 aliphatic carbocycles. The maximum atomic E-state index is 14.2. The number of amides is 1. The molecule has 0 spiro atoms. The lowest BCUT2D eigenvalue weighted by atomic mass is 9.87. The fourth-order valence-electron chi connectivity index (χ4n) is 3.41. The normalized spacial score (nSPS) is 20.8. The number of carbonyl (C=O) groups excluding carboxylic acids is 1. The van der Waals surface area contributed by atoms with Gasteiger partial charge in [-0.15, -0.1) is 0 Å². The van der Waals surface area contributed by atoms with Crippen molar-refractivity contribution in [2.24, 2.45) is 5.41 Å². The molecule has 3 rings (SSSR count). The van der Waals surface area contributed by atoms with Gasteiger partial charge < -0.3 is 10.1 Å². The summed E-state index contributed by atoms with van der Waals surface area (Å²) in [6.07, 6.45) is 0.725. The second-order valence-electron chi connectivity index (χ2n) is 7.15. The van der Waals surface area contributed by atoms with Crippen LogP contribution in [0, 0.1) is 17.0 Å². The molecule has 0 aliphatic heterocycles. The van der Waals surface area contributed by atoms with Gasteiger partial charge in [0.2, 0.25) is 0 Å². The summed E-state index contributed by atoms with van der Waals surface area (Å²) in [5, 5.41) is 2.83. The molecule has 132 valence electrons. The highest BCUT2D eigenvalue weighted by atomic mass is 19.1. The molecule has 1 saturated carbocycles. The Morgan fingerprint density at radius 1 is 1.16 bits per heavy atom. The second kappa shape index (κ2) is 6.47.